The van der Waals surface area contributed by atoms with Crippen molar-refractivity contribution in [2.24, 2.45) is 5.92 Å². The molecule has 0 aromatic heterocycles. The third kappa shape index (κ3) is 9.44. The summed E-state index contributed by atoms with van der Waals surface area (Å²) in [5.41, 5.74) is 6.19. The number of amides is 3. The van der Waals surface area contributed by atoms with Crippen molar-refractivity contribution in [3.63, 3.8) is 0 Å². The summed E-state index contributed by atoms with van der Waals surface area (Å²) >= 11 is 0. The van der Waals surface area contributed by atoms with E-state index >= 15 is 0 Å². The van der Waals surface area contributed by atoms with Gasteiger partial charge in [-0.1, -0.05) is 112 Å². The summed E-state index contributed by atoms with van der Waals surface area (Å²) in [4.78, 5) is 44.3. The number of nitrogens with zero attached hydrogens (tertiary/aromatic N) is 2. The van der Waals surface area contributed by atoms with Crippen molar-refractivity contribution >= 4 is 24.0 Å². The van der Waals surface area contributed by atoms with E-state index in [1.54, 1.807) is 24.0 Å². The van der Waals surface area contributed by atoms with Crippen LogP contribution in [0.15, 0.2) is 79.4 Å². The van der Waals surface area contributed by atoms with Crippen molar-refractivity contribution in [1.82, 2.24) is 9.96 Å². The van der Waals surface area contributed by atoms with Crippen LogP contribution in [0.5, 0.6) is 0 Å². The fourth-order valence-electron chi connectivity index (χ4n) is 4.80. The molecule has 0 bridgehead atoms. The van der Waals surface area contributed by atoms with Crippen LogP contribution in [0.25, 0.3) is 5.57 Å². The summed E-state index contributed by atoms with van der Waals surface area (Å²) in [6, 6.07) is 23.6. The minimum atomic E-state index is -0.686. The Hall–Kier alpha value is -4.19. The molecule has 0 unspecified atom stereocenters. The van der Waals surface area contributed by atoms with Crippen LogP contribution in [0, 0.1) is 19.8 Å². The minimum Gasteiger partial charge on any atom is -0.311 e. The van der Waals surface area contributed by atoms with Gasteiger partial charge in [0.2, 0.25) is 0 Å². The Morgan fingerprint density at radius 2 is 1.52 bits per heavy atom. The molecule has 0 N–H and O–H groups in total. The molecule has 0 saturated carbocycles. The van der Waals surface area contributed by atoms with Crippen LogP contribution in [0.3, 0.4) is 0 Å². The van der Waals surface area contributed by atoms with E-state index in [0.29, 0.717) is 29.6 Å². The van der Waals surface area contributed by atoms with E-state index in [-0.39, 0.29) is 12.0 Å². The number of piperidine rings is 1. The first kappa shape index (κ1) is 34.0. The van der Waals surface area contributed by atoms with Gasteiger partial charge >= 0.3 is 6.09 Å². The van der Waals surface area contributed by atoms with E-state index in [2.05, 4.69) is 37.8 Å². The molecule has 0 spiro atoms. The van der Waals surface area contributed by atoms with Crippen LogP contribution in [0.1, 0.15) is 85.1 Å². The molecule has 3 aromatic rings. The van der Waals surface area contributed by atoms with E-state index in [1.807, 2.05) is 64.1 Å². The summed E-state index contributed by atoms with van der Waals surface area (Å²) in [7, 11) is 0. The summed E-state index contributed by atoms with van der Waals surface area (Å²) < 4.78 is 0. The Morgan fingerprint density at radius 3 is 2.10 bits per heavy atom. The predicted molar refractivity (Wildman–Crippen MR) is 171 cm³/mol. The van der Waals surface area contributed by atoms with Crippen molar-refractivity contribution in [2.75, 3.05) is 13.1 Å². The fraction of sp³-hybridized carbons (Fsp3) is 0.361. The van der Waals surface area contributed by atoms with Crippen molar-refractivity contribution in [3.8, 4) is 0 Å². The van der Waals surface area contributed by atoms with Gasteiger partial charge in [0.05, 0.1) is 0 Å². The molecule has 6 nitrogen and oxygen atoms in total. The number of carbonyl (C=O) groups excluding carboxylic acids is 3. The lowest BCUT2D eigenvalue weighted by Gasteiger charge is -2.31. The van der Waals surface area contributed by atoms with Gasteiger partial charge < -0.3 is 9.74 Å². The van der Waals surface area contributed by atoms with E-state index in [1.165, 1.54) is 11.1 Å². The molecule has 1 heterocycles. The zero-order valence-electron chi connectivity index (χ0n) is 26.1. The highest BCUT2D eigenvalue weighted by atomic mass is 16.7. The monoisotopic (exact) mass is 570 g/mol. The lowest BCUT2D eigenvalue weighted by Crippen LogP contribution is -2.43. The number of hydrogen-bond acceptors (Lipinski definition) is 4. The third-order valence-electron chi connectivity index (χ3n) is 7.23. The van der Waals surface area contributed by atoms with Crippen LogP contribution in [0.4, 0.5) is 4.79 Å². The predicted octanol–water partition coefficient (Wildman–Crippen LogP) is 8.41. The molecule has 1 saturated heterocycles. The maximum atomic E-state index is 13.0. The summed E-state index contributed by atoms with van der Waals surface area (Å²) in [5, 5.41) is 0.486. The normalized spacial score (nSPS) is 12.6. The van der Waals surface area contributed by atoms with E-state index in [9.17, 15) is 14.4 Å². The zero-order chi connectivity index (χ0) is 31.1. The molecule has 1 fully saturated rings. The van der Waals surface area contributed by atoms with E-state index in [4.69, 9.17) is 4.84 Å². The summed E-state index contributed by atoms with van der Waals surface area (Å²) in [5.74, 6) is -0.160. The summed E-state index contributed by atoms with van der Waals surface area (Å²) in [6.45, 7) is 17.1. The standard InChI is InChI=1S/C32H34N2O4.2C2H6/c1-23-9-11-26(12-10-23)13-14-27-17-19-33(20-18-27)32(37)38-34(22-35)31(36)30-16-15-29(21-24(30)2)25(3)28-7-5-4-6-8-28;2*1-2/h4-12,15-16,21-22,27H,3,13-14,17-20H2,1-2H3;2*1-2H3. The molecule has 1 aliphatic heterocycles. The van der Waals surface area contributed by atoms with Crippen molar-refractivity contribution < 1.29 is 19.2 Å². The molecular weight excluding hydrogens is 524 g/mol. The van der Waals surface area contributed by atoms with E-state index in [0.717, 1.165) is 42.4 Å². The third-order valence-corrected chi connectivity index (χ3v) is 7.23. The first-order chi connectivity index (χ1) is 20.4. The zero-order valence-corrected chi connectivity index (χ0v) is 26.1. The number of aryl methyl sites for hydroxylation is 3. The van der Waals surface area contributed by atoms with Gasteiger partial charge in [0.25, 0.3) is 12.3 Å². The van der Waals surface area contributed by atoms with Gasteiger partial charge in [0.1, 0.15) is 0 Å². The van der Waals surface area contributed by atoms with Crippen LogP contribution in [0.2, 0.25) is 0 Å². The molecule has 6 heteroatoms. The molecule has 1 aliphatic rings. The van der Waals surface area contributed by atoms with Gasteiger partial charge in [0.15, 0.2) is 0 Å². The lowest BCUT2D eigenvalue weighted by molar-refractivity contribution is -0.142. The first-order valence-corrected chi connectivity index (χ1v) is 15.0. The maximum Gasteiger partial charge on any atom is 0.434 e. The topological polar surface area (TPSA) is 66.9 Å². The molecule has 3 amide bonds. The number of rotatable bonds is 7. The average Bonchev–Trinajstić information content (AvgIpc) is 3.05. The Labute approximate surface area is 252 Å². The van der Waals surface area contributed by atoms with Crippen molar-refractivity contribution in [3.05, 3.63) is 113 Å². The Morgan fingerprint density at radius 1 is 0.905 bits per heavy atom. The largest absolute Gasteiger partial charge is 0.434 e. The highest BCUT2D eigenvalue weighted by Crippen LogP contribution is 2.25. The second-order valence-corrected chi connectivity index (χ2v) is 9.92. The second-order valence-electron chi connectivity index (χ2n) is 9.92. The van der Waals surface area contributed by atoms with Gasteiger partial charge in [-0.05, 0) is 79.3 Å². The van der Waals surface area contributed by atoms with Crippen LogP contribution >= 0.6 is 0 Å². The van der Waals surface area contributed by atoms with Gasteiger partial charge in [-0.3, -0.25) is 9.59 Å². The van der Waals surface area contributed by atoms with Crippen molar-refractivity contribution in [2.45, 2.75) is 67.2 Å². The van der Waals surface area contributed by atoms with Crippen LogP contribution in [-0.4, -0.2) is 41.5 Å². The molecule has 0 atom stereocenters. The number of hydroxylamine groups is 2. The molecule has 0 radical (unpaired) electrons. The van der Waals surface area contributed by atoms with Crippen molar-refractivity contribution in [1.29, 1.82) is 0 Å². The second kappa shape index (κ2) is 17.6. The van der Waals surface area contributed by atoms with Gasteiger partial charge in [-0.15, -0.1) is 0 Å². The fourth-order valence-corrected chi connectivity index (χ4v) is 4.80. The highest BCUT2D eigenvalue weighted by Gasteiger charge is 2.28. The lowest BCUT2D eigenvalue weighted by atomic mass is 9.90. The Balaban J connectivity index is 0.00000148. The number of imide groups is 1. The molecule has 4 rings (SSSR count). The number of benzene rings is 3. The molecule has 224 valence electrons. The molecule has 3 aromatic carbocycles. The molecular formula is C36H46N2O4. The van der Waals surface area contributed by atoms with Gasteiger partial charge in [0, 0.05) is 18.7 Å². The maximum absolute atomic E-state index is 13.0. The average molecular weight is 571 g/mol. The van der Waals surface area contributed by atoms with E-state index < -0.39 is 12.0 Å². The summed E-state index contributed by atoms with van der Waals surface area (Å²) in [6.07, 6.45) is 3.36. The van der Waals surface area contributed by atoms with Gasteiger partial charge in [-0.2, -0.15) is 0 Å². The highest BCUT2D eigenvalue weighted by molar-refractivity contribution is 6.01. The number of likely N-dealkylation sites (tertiary alicyclic amines) is 1. The smallest absolute Gasteiger partial charge is 0.311 e. The number of hydrogen-bond donors (Lipinski definition) is 0. The van der Waals surface area contributed by atoms with Gasteiger partial charge in [-0.25, -0.2) is 4.79 Å². The Bertz CT molecular complexity index is 1290. The molecule has 42 heavy (non-hydrogen) atoms. The first-order valence-electron chi connectivity index (χ1n) is 15.0. The number of carbonyl (C=O) groups is 3. The van der Waals surface area contributed by atoms with Crippen LogP contribution in [-0.2, 0) is 16.1 Å². The SMILES string of the molecule is C=C(c1ccccc1)c1ccc(C(=O)N(C=O)OC(=O)N2CCC(CCc3ccc(C)cc3)CC2)c(C)c1.CC.CC. The molecule has 0 aliphatic carbocycles. The minimum absolute atomic E-state index is 0.241. The van der Waals surface area contributed by atoms with Crippen LogP contribution < -0.4 is 0 Å². The quantitative estimate of drug-likeness (QED) is 0.211. The Kier molecular flexibility index (Phi) is 14.2.